The Morgan fingerprint density at radius 1 is 1.17 bits per heavy atom. The molecule has 0 unspecified atom stereocenters. The molecule has 1 aromatic heterocycles. The number of carboxylic acid groups (broad SMARTS) is 1. The van der Waals surface area contributed by atoms with E-state index in [-0.39, 0.29) is 32.1 Å². The topological polar surface area (TPSA) is 140 Å². The zero-order valence-corrected chi connectivity index (χ0v) is 13.0. The Hall–Kier alpha value is -2.45. The number of aromatic amines is 1. The maximum Gasteiger partial charge on any atom is 0.352 e. The molecule has 0 saturated heterocycles. The lowest BCUT2D eigenvalue weighted by atomic mass is 9.90. The minimum Gasteiger partial charge on any atom is -0.477 e. The number of H-pyrrole nitrogens is 1. The normalized spacial score (nSPS) is 10.8. The van der Waals surface area contributed by atoms with Crippen LogP contribution in [-0.4, -0.2) is 31.4 Å². The summed E-state index contributed by atoms with van der Waals surface area (Å²) in [6, 6.07) is 3.29. The van der Waals surface area contributed by atoms with Crippen molar-refractivity contribution in [3.63, 3.8) is 0 Å². The Balaban J connectivity index is 2.86. The summed E-state index contributed by atoms with van der Waals surface area (Å²) < 4.78 is 0. The summed E-state index contributed by atoms with van der Waals surface area (Å²) in [7, 11) is 0. The molecule has 0 aliphatic heterocycles. The fraction of sp³-hybridized carbons (Fsp3) is 0.235. The average molecular weight is 332 g/mol. The molecule has 0 atom stereocenters. The van der Waals surface area contributed by atoms with Crippen molar-refractivity contribution in [2.75, 3.05) is 0 Å². The zero-order valence-electron chi connectivity index (χ0n) is 13.0. The molecule has 24 heavy (non-hydrogen) atoms. The number of aliphatic hydroxyl groups excluding tert-OH is 3. The number of hydrogen-bond donors (Lipinski definition) is 6. The van der Waals surface area contributed by atoms with Crippen molar-refractivity contribution >= 4 is 12.0 Å². The Morgan fingerprint density at radius 2 is 1.83 bits per heavy atom. The Bertz CT molecular complexity index is 780. The summed E-state index contributed by atoms with van der Waals surface area (Å²) in [6.07, 6.45) is 1.41. The van der Waals surface area contributed by atoms with Gasteiger partial charge in [-0.05, 0) is 22.3 Å². The van der Waals surface area contributed by atoms with E-state index < -0.39 is 5.97 Å². The molecule has 0 aliphatic carbocycles. The number of nitrogens with one attached hydrogen (secondary N) is 1. The predicted molar refractivity (Wildman–Crippen MR) is 88.9 cm³/mol. The van der Waals surface area contributed by atoms with Crippen molar-refractivity contribution in [2.24, 2.45) is 5.73 Å². The number of hydrogen-bond acceptors (Lipinski definition) is 5. The first-order valence-corrected chi connectivity index (χ1v) is 7.31. The lowest BCUT2D eigenvalue weighted by Crippen LogP contribution is -2.05. The number of carboxylic acids is 1. The third-order valence-electron chi connectivity index (χ3n) is 4.02. The second-order valence-electron chi connectivity index (χ2n) is 5.18. The van der Waals surface area contributed by atoms with Gasteiger partial charge in [-0.25, -0.2) is 4.79 Å². The van der Waals surface area contributed by atoms with Crippen LogP contribution in [0, 0.1) is 0 Å². The summed E-state index contributed by atoms with van der Waals surface area (Å²) in [4.78, 5) is 14.2. The fourth-order valence-electron chi connectivity index (χ4n) is 2.90. The number of benzene rings is 1. The van der Waals surface area contributed by atoms with Crippen LogP contribution < -0.4 is 5.73 Å². The van der Waals surface area contributed by atoms with Gasteiger partial charge in [0.1, 0.15) is 5.69 Å². The fourth-order valence-corrected chi connectivity index (χ4v) is 2.90. The van der Waals surface area contributed by atoms with Crippen LogP contribution >= 0.6 is 0 Å². The minimum atomic E-state index is -1.15. The summed E-state index contributed by atoms with van der Waals surface area (Å²) in [6.45, 7) is 2.70. The minimum absolute atomic E-state index is 0.0406. The van der Waals surface area contributed by atoms with Gasteiger partial charge in [-0.1, -0.05) is 24.8 Å². The maximum absolute atomic E-state index is 11.4. The lowest BCUT2D eigenvalue weighted by molar-refractivity contribution is 0.0691. The predicted octanol–water partition coefficient (Wildman–Crippen LogP) is 0.959. The number of aromatic nitrogens is 1. The first kappa shape index (κ1) is 17.9. The highest BCUT2D eigenvalue weighted by Crippen LogP contribution is 2.36. The van der Waals surface area contributed by atoms with Gasteiger partial charge >= 0.3 is 5.97 Å². The highest BCUT2D eigenvalue weighted by Gasteiger charge is 2.23. The first-order chi connectivity index (χ1) is 11.5. The summed E-state index contributed by atoms with van der Waals surface area (Å²) >= 11 is 0. The molecule has 0 spiro atoms. The number of nitrogens with two attached hydrogens (primary N) is 1. The summed E-state index contributed by atoms with van der Waals surface area (Å²) in [5, 5.41) is 38.1. The molecule has 128 valence electrons. The molecule has 7 nitrogen and oxygen atoms in total. The molecule has 0 radical (unpaired) electrons. The third-order valence-corrected chi connectivity index (χ3v) is 4.02. The van der Waals surface area contributed by atoms with E-state index in [0.29, 0.717) is 39.1 Å². The van der Waals surface area contributed by atoms with E-state index in [1.807, 2.05) is 0 Å². The second kappa shape index (κ2) is 7.41. The first-order valence-electron chi connectivity index (χ1n) is 7.31. The second-order valence-corrected chi connectivity index (χ2v) is 5.18. The number of aromatic carboxylic acids is 1. The number of aliphatic hydroxyl groups is 3. The molecular formula is C17H20N2O5. The van der Waals surface area contributed by atoms with Gasteiger partial charge in [0.15, 0.2) is 0 Å². The van der Waals surface area contributed by atoms with Crippen LogP contribution in [0.1, 0.15) is 38.4 Å². The van der Waals surface area contributed by atoms with Crippen molar-refractivity contribution in [1.29, 1.82) is 0 Å². The van der Waals surface area contributed by atoms with Crippen molar-refractivity contribution in [1.82, 2.24) is 4.98 Å². The standard InChI is InChI=1S/C17H20N2O5/c1-2-10-15(14(5-18)19-16(10)17(23)24)11-4-3-9(6-20)12(7-21)13(11)8-22/h2-4,19-22H,1,5-8,18H2,(H,23,24). The molecule has 0 fully saturated rings. The Kier molecular flexibility index (Phi) is 5.53. The van der Waals surface area contributed by atoms with E-state index in [4.69, 9.17) is 5.73 Å². The van der Waals surface area contributed by atoms with Gasteiger partial charge < -0.3 is 31.1 Å². The third kappa shape index (κ3) is 2.85. The molecule has 0 bridgehead atoms. The highest BCUT2D eigenvalue weighted by atomic mass is 16.4. The molecule has 7 N–H and O–H groups in total. The molecule has 0 amide bonds. The van der Waals surface area contributed by atoms with Crippen molar-refractivity contribution in [3.8, 4) is 11.1 Å². The van der Waals surface area contributed by atoms with Gasteiger partial charge in [-0.2, -0.15) is 0 Å². The maximum atomic E-state index is 11.4. The Labute approximate surface area is 138 Å². The quantitative estimate of drug-likeness (QED) is 0.446. The van der Waals surface area contributed by atoms with Crippen molar-refractivity contribution in [3.05, 3.63) is 52.4 Å². The zero-order chi connectivity index (χ0) is 17.9. The Morgan fingerprint density at radius 3 is 2.29 bits per heavy atom. The van der Waals surface area contributed by atoms with Crippen LogP contribution in [0.5, 0.6) is 0 Å². The molecule has 7 heteroatoms. The number of rotatable bonds is 7. The average Bonchev–Trinajstić information content (AvgIpc) is 2.98. The van der Waals surface area contributed by atoms with E-state index in [1.54, 1.807) is 12.1 Å². The van der Waals surface area contributed by atoms with Gasteiger partial charge in [-0.3, -0.25) is 0 Å². The van der Waals surface area contributed by atoms with E-state index in [2.05, 4.69) is 11.6 Å². The number of carbonyl (C=O) groups is 1. The van der Waals surface area contributed by atoms with Crippen LogP contribution in [0.4, 0.5) is 0 Å². The SMILES string of the molecule is C=Cc1c(C(=O)O)[nH]c(CN)c1-c1ccc(CO)c(CO)c1CO. The van der Waals surface area contributed by atoms with Gasteiger partial charge in [0, 0.05) is 23.4 Å². The van der Waals surface area contributed by atoms with Crippen molar-refractivity contribution in [2.45, 2.75) is 26.4 Å². The highest BCUT2D eigenvalue weighted by molar-refractivity contribution is 5.96. The van der Waals surface area contributed by atoms with E-state index in [1.165, 1.54) is 6.08 Å². The van der Waals surface area contributed by atoms with Crippen LogP contribution in [0.15, 0.2) is 18.7 Å². The smallest absolute Gasteiger partial charge is 0.352 e. The molecule has 2 rings (SSSR count). The largest absolute Gasteiger partial charge is 0.477 e. The summed E-state index contributed by atoms with van der Waals surface area (Å²) in [5.74, 6) is -1.15. The summed E-state index contributed by atoms with van der Waals surface area (Å²) in [5.41, 5.74) is 8.92. The molecule has 1 heterocycles. The molecular weight excluding hydrogens is 312 g/mol. The van der Waals surface area contributed by atoms with Crippen LogP contribution in [0.25, 0.3) is 17.2 Å². The van der Waals surface area contributed by atoms with Crippen LogP contribution in [-0.2, 0) is 26.4 Å². The van der Waals surface area contributed by atoms with E-state index >= 15 is 0 Å². The van der Waals surface area contributed by atoms with Crippen molar-refractivity contribution < 1.29 is 25.2 Å². The molecule has 0 aliphatic rings. The van der Waals surface area contributed by atoms with E-state index in [9.17, 15) is 25.2 Å². The van der Waals surface area contributed by atoms with Crippen LogP contribution in [0.2, 0.25) is 0 Å². The van der Waals surface area contributed by atoms with Gasteiger partial charge in [-0.15, -0.1) is 0 Å². The monoisotopic (exact) mass is 332 g/mol. The molecule has 0 saturated carbocycles. The van der Waals surface area contributed by atoms with E-state index in [0.717, 1.165) is 0 Å². The molecule has 2 aromatic rings. The van der Waals surface area contributed by atoms with Gasteiger partial charge in [0.25, 0.3) is 0 Å². The van der Waals surface area contributed by atoms with Gasteiger partial charge in [0.2, 0.25) is 0 Å². The van der Waals surface area contributed by atoms with Gasteiger partial charge in [0.05, 0.1) is 19.8 Å². The lowest BCUT2D eigenvalue weighted by Gasteiger charge is -2.16. The van der Waals surface area contributed by atoms with Crippen LogP contribution in [0.3, 0.4) is 0 Å². The molecule has 1 aromatic carbocycles.